The number of hydrogen-bond donors (Lipinski definition) is 1. The fourth-order valence-electron chi connectivity index (χ4n) is 2.53. The topological polar surface area (TPSA) is 38.3 Å². The van der Waals surface area contributed by atoms with Crippen molar-refractivity contribution in [1.82, 2.24) is 0 Å². The number of nitrogens with one attached hydrogen (secondary N) is 1. The van der Waals surface area contributed by atoms with Crippen LogP contribution in [0.3, 0.4) is 0 Å². The van der Waals surface area contributed by atoms with Crippen molar-refractivity contribution in [3.05, 3.63) is 29.3 Å². The predicted molar refractivity (Wildman–Crippen MR) is 77.4 cm³/mol. The molecule has 1 N–H and O–H groups in total. The Kier molecular flexibility index (Phi) is 4.13. The van der Waals surface area contributed by atoms with E-state index in [4.69, 9.17) is 4.74 Å². The van der Waals surface area contributed by atoms with Gasteiger partial charge in [-0.3, -0.25) is 0 Å². The van der Waals surface area contributed by atoms with Gasteiger partial charge in [-0.2, -0.15) is 0 Å². The Labute approximate surface area is 115 Å². The molecule has 0 amide bonds. The smallest absolute Gasteiger partial charge is 0.331 e. The first-order valence-electron chi connectivity index (χ1n) is 7.10. The molecule has 0 bridgehead atoms. The summed E-state index contributed by atoms with van der Waals surface area (Å²) in [7, 11) is 0. The normalized spacial score (nSPS) is 14.7. The van der Waals surface area contributed by atoms with Crippen LogP contribution in [0.1, 0.15) is 44.7 Å². The van der Waals surface area contributed by atoms with E-state index in [1.807, 2.05) is 20.8 Å². The van der Waals surface area contributed by atoms with Gasteiger partial charge in [0, 0.05) is 5.69 Å². The number of carbonyl (C=O) groups is 1. The molecule has 1 aliphatic rings. The first-order valence-corrected chi connectivity index (χ1v) is 7.10. The summed E-state index contributed by atoms with van der Waals surface area (Å²) in [5.74, 6) is -0.215. The first kappa shape index (κ1) is 13.9. The second kappa shape index (κ2) is 5.64. The molecule has 0 saturated carbocycles. The van der Waals surface area contributed by atoms with Crippen molar-refractivity contribution >= 4 is 11.7 Å². The molecule has 0 spiro atoms. The van der Waals surface area contributed by atoms with Gasteiger partial charge in [0.05, 0.1) is 6.61 Å². The van der Waals surface area contributed by atoms with Gasteiger partial charge >= 0.3 is 5.97 Å². The quantitative estimate of drug-likeness (QED) is 0.845. The minimum absolute atomic E-state index is 0.215. The van der Waals surface area contributed by atoms with E-state index >= 15 is 0 Å². The third-order valence-electron chi connectivity index (χ3n) is 3.59. The van der Waals surface area contributed by atoms with Gasteiger partial charge in [0.2, 0.25) is 0 Å². The molecule has 0 atom stereocenters. The van der Waals surface area contributed by atoms with Gasteiger partial charge in [0.15, 0.2) is 0 Å². The summed E-state index contributed by atoms with van der Waals surface area (Å²) in [6.45, 7) is 5.94. The van der Waals surface area contributed by atoms with Crippen molar-refractivity contribution in [3.63, 3.8) is 0 Å². The Balaban J connectivity index is 2.12. The van der Waals surface area contributed by atoms with Crippen LogP contribution in [0.25, 0.3) is 0 Å². The molecule has 1 aliphatic carbocycles. The molecular weight excluding hydrogens is 238 g/mol. The SMILES string of the molecule is CCOC(=O)C(C)(C)Nc1ccc2c(c1)CCCC2. The van der Waals surface area contributed by atoms with E-state index in [1.165, 1.54) is 30.4 Å². The average Bonchev–Trinajstić information content (AvgIpc) is 2.38. The summed E-state index contributed by atoms with van der Waals surface area (Å²) >= 11 is 0. The molecule has 1 aromatic carbocycles. The molecule has 0 unspecified atom stereocenters. The van der Waals surface area contributed by atoms with Crippen LogP contribution in [-0.2, 0) is 22.4 Å². The third kappa shape index (κ3) is 3.28. The molecule has 0 aliphatic heterocycles. The molecule has 3 heteroatoms. The number of fused-ring (bicyclic) bond motifs is 1. The van der Waals surface area contributed by atoms with Crippen molar-refractivity contribution in [3.8, 4) is 0 Å². The minimum Gasteiger partial charge on any atom is -0.464 e. The average molecular weight is 261 g/mol. The highest BCUT2D eigenvalue weighted by molar-refractivity contribution is 5.83. The molecule has 19 heavy (non-hydrogen) atoms. The highest BCUT2D eigenvalue weighted by atomic mass is 16.5. The third-order valence-corrected chi connectivity index (χ3v) is 3.59. The Morgan fingerprint density at radius 3 is 2.63 bits per heavy atom. The Bertz CT molecular complexity index is 466. The number of aryl methyl sites for hydroxylation is 2. The van der Waals surface area contributed by atoms with Crippen LogP contribution in [0.4, 0.5) is 5.69 Å². The number of anilines is 1. The lowest BCUT2D eigenvalue weighted by Gasteiger charge is -2.26. The monoisotopic (exact) mass is 261 g/mol. The summed E-state index contributed by atoms with van der Waals surface area (Å²) in [6, 6.07) is 6.42. The van der Waals surface area contributed by atoms with Crippen LogP contribution in [0.15, 0.2) is 18.2 Å². The molecule has 3 nitrogen and oxygen atoms in total. The zero-order valence-electron chi connectivity index (χ0n) is 12.1. The lowest BCUT2D eigenvalue weighted by molar-refractivity contribution is -0.147. The highest BCUT2D eigenvalue weighted by Crippen LogP contribution is 2.26. The molecular formula is C16H23NO2. The number of esters is 1. The molecule has 1 aromatic rings. The number of rotatable bonds is 4. The standard InChI is InChI=1S/C16H23NO2/c1-4-19-15(18)16(2,3)17-14-10-9-12-7-5-6-8-13(12)11-14/h9-11,17H,4-8H2,1-3H3. The number of hydrogen-bond acceptors (Lipinski definition) is 3. The fraction of sp³-hybridized carbons (Fsp3) is 0.562. The van der Waals surface area contributed by atoms with Crippen molar-refractivity contribution in [2.24, 2.45) is 0 Å². The van der Waals surface area contributed by atoms with Crippen LogP contribution in [-0.4, -0.2) is 18.1 Å². The molecule has 0 saturated heterocycles. The van der Waals surface area contributed by atoms with Crippen molar-refractivity contribution < 1.29 is 9.53 Å². The van der Waals surface area contributed by atoms with Gasteiger partial charge in [0.1, 0.15) is 5.54 Å². The summed E-state index contributed by atoms with van der Waals surface area (Å²) in [6.07, 6.45) is 4.87. The fourth-order valence-corrected chi connectivity index (χ4v) is 2.53. The van der Waals surface area contributed by atoms with Crippen molar-refractivity contribution in [1.29, 1.82) is 0 Å². The second-order valence-electron chi connectivity index (χ2n) is 5.66. The van der Waals surface area contributed by atoms with Crippen LogP contribution in [0.5, 0.6) is 0 Å². The Hall–Kier alpha value is -1.51. The maximum absolute atomic E-state index is 11.9. The van der Waals surface area contributed by atoms with Gasteiger partial charge in [-0.25, -0.2) is 4.79 Å². The van der Waals surface area contributed by atoms with E-state index in [-0.39, 0.29) is 5.97 Å². The van der Waals surface area contributed by atoms with Gasteiger partial charge in [0.25, 0.3) is 0 Å². The molecule has 0 aromatic heterocycles. The van der Waals surface area contributed by atoms with Crippen LogP contribution >= 0.6 is 0 Å². The van der Waals surface area contributed by atoms with E-state index in [2.05, 4.69) is 23.5 Å². The van der Waals surface area contributed by atoms with Gasteiger partial charge in [-0.15, -0.1) is 0 Å². The van der Waals surface area contributed by atoms with Crippen molar-refractivity contribution in [2.45, 2.75) is 52.0 Å². The van der Waals surface area contributed by atoms with Crippen LogP contribution in [0.2, 0.25) is 0 Å². The Morgan fingerprint density at radius 2 is 1.95 bits per heavy atom. The lowest BCUT2D eigenvalue weighted by Crippen LogP contribution is -2.41. The van der Waals surface area contributed by atoms with E-state index in [1.54, 1.807) is 0 Å². The van der Waals surface area contributed by atoms with E-state index in [0.29, 0.717) is 6.61 Å². The molecule has 0 heterocycles. The molecule has 104 valence electrons. The number of benzene rings is 1. The second-order valence-corrected chi connectivity index (χ2v) is 5.66. The van der Waals surface area contributed by atoms with E-state index < -0.39 is 5.54 Å². The van der Waals surface area contributed by atoms with E-state index in [0.717, 1.165) is 12.1 Å². The summed E-state index contributed by atoms with van der Waals surface area (Å²) in [5, 5.41) is 3.28. The summed E-state index contributed by atoms with van der Waals surface area (Å²) in [4.78, 5) is 11.9. The zero-order valence-corrected chi connectivity index (χ0v) is 12.1. The van der Waals surface area contributed by atoms with Gasteiger partial charge in [-0.1, -0.05) is 6.07 Å². The summed E-state index contributed by atoms with van der Waals surface area (Å²) in [5.41, 5.74) is 3.17. The zero-order chi connectivity index (χ0) is 13.9. The molecule has 0 radical (unpaired) electrons. The van der Waals surface area contributed by atoms with Crippen LogP contribution < -0.4 is 5.32 Å². The molecule has 0 fully saturated rings. The lowest BCUT2D eigenvalue weighted by atomic mass is 9.91. The first-order chi connectivity index (χ1) is 9.03. The van der Waals surface area contributed by atoms with E-state index in [9.17, 15) is 4.79 Å². The van der Waals surface area contributed by atoms with Gasteiger partial charge < -0.3 is 10.1 Å². The minimum atomic E-state index is -0.696. The number of ether oxygens (including phenoxy) is 1. The summed E-state index contributed by atoms with van der Waals surface area (Å²) < 4.78 is 5.09. The van der Waals surface area contributed by atoms with Gasteiger partial charge in [-0.05, 0) is 69.7 Å². The highest BCUT2D eigenvalue weighted by Gasteiger charge is 2.29. The maximum Gasteiger partial charge on any atom is 0.331 e. The predicted octanol–water partition coefficient (Wildman–Crippen LogP) is 3.32. The van der Waals surface area contributed by atoms with Crippen molar-refractivity contribution in [2.75, 3.05) is 11.9 Å². The maximum atomic E-state index is 11.9. The largest absolute Gasteiger partial charge is 0.464 e. The number of carbonyl (C=O) groups excluding carboxylic acids is 1. The van der Waals surface area contributed by atoms with Crippen LogP contribution in [0, 0.1) is 0 Å². The molecule has 2 rings (SSSR count). The Morgan fingerprint density at radius 1 is 1.26 bits per heavy atom.